The van der Waals surface area contributed by atoms with Crippen LogP contribution in [0.4, 0.5) is 0 Å². The van der Waals surface area contributed by atoms with Gasteiger partial charge in [-0.25, -0.2) is 0 Å². The molecular weight excluding hydrogens is 198 g/mol. The van der Waals surface area contributed by atoms with E-state index in [-0.39, 0.29) is 0 Å². The summed E-state index contributed by atoms with van der Waals surface area (Å²) in [6.07, 6.45) is 6.91. The first-order valence-electron chi connectivity index (χ1n) is 6.89. The van der Waals surface area contributed by atoms with Crippen molar-refractivity contribution >= 4 is 0 Å². The molecule has 1 N–H and O–H groups in total. The molecule has 1 heterocycles. The topological polar surface area (TPSA) is 18.5 Å². The maximum absolute atomic E-state index is 3.46. The third-order valence-electron chi connectivity index (χ3n) is 4.33. The Morgan fingerprint density at radius 1 is 1.00 bits per heavy atom. The van der Waals surface area contributed by atoms with Crippen LogP contribution >= 0.6 is 0 Å². The minimum atomic E-state index is 0.764. The lowest BCUT2D eigenvalue weighted by Crippen LogP contribution is -2.44. The zero-order valence-electron chi connectivity index (χ0n) is 10.9. The summed E-state index contributed by atoms with van der Waals surface area (Å²) < 4.78 is 0. The Balaban J connectivity index is 1.85. The molecule has 1 aliphatic heterocycles. The molecule has 1 aliphatic carbocycles. The van der Waals surface area contributed by atoms with Gasteiger partial charge in [0.05, 0.1) is 0 Å². The zero-order chi connectivity index (χ0) is 11.4. The minimum absolute atomic E-state index is 0.764. The molecule has 0 aromatic carbocycles. The normalized spacial score (nSPS) is 34.9. The monoisotopic (exact) mass is 225 g/mol. The Hall–Kier alpha value is -0.120. The first-order chi connectivity index (χ1) is 7.79. The van der Waals surface area contributed by atoms with E-state index in [1.165, 1.54) is 58.3 Å². The lowest BCUT2D eigenvalue weighted by atomic mass is 9.90. The molecule has 0 radical (unpaired) electrons. The summed E-state index contributed by atoms with van der Waals surface area (Å²) in [6.45, 7) is 5.11. The molecule has 0 spiro atoms. The Bertz CT molecular complexity index is 207. The van der Waals surface area contributed by atoms with Crippen LogP contribution in [0.5, 0.6) is 0 Å². The Kier molecular flexibility index (Phi) is 4.62. The summed E-state index contributed by atoms with van der Waals surface area (Å²) in [4.78, 5) is 5.21. The molecule has 1 saturated carbocycles. The predicted octanol–water partition coefficient (Wildman–Crippen LogP) is 1.15. The predicted molar refractivity (Wildman–Crippen MR) is 68.8 cm³/mol. The lowest BCUT2D eigenvalue weighted by Gasteiger charge is -2.37. The van der Waals surface area contributed by atoms with Crippen molar-refractivity contribution in [2.45, 2.75) is 44.2 Å². The summed E-state index contributed by atoms with van der Waals surface area (Å²) in [6, 6.07) is 1.61. The van der Waals surface area contributed by atoms with Crippen LogP contribution in [0.25, 0.3) is 0 Å². The van der Waals surface area contributed by atoms with Gasteiger partial charge in [0.1, 0.15) is 0 Å². The van der Waals surface area contributed by atoms with Gasteiger partial charge in [0.2, 0.25) is 0 Å². The van der Waals surface area contributed by atoms with Gasteiger partial charge in [0.15, 0.2) is 0 Å². The second kappa shape index (κ2) is 5.99. The van der Waals surface area contributed by atoms with Gasteiger partial charge in [-0.1, -0.05) is 6.42 Å². The van der Waals surface area contributed by atoms with Gasteiger partial charge >= 0.3 is 0 Å². The van der Waals surface area contributed by atoms with Crippen LogP contribution in [0.15, 0.2) is 0 Å². The van der Waals surface area contributed by atoms with E-state index in [2.05, 4.69) is 29.2 Å². The van der Waals surface area contributed by atoms with Crippen molar-refractivity contribution in [1.82, 2.24) is 15.1 Å². The summed E-state index contributed by atoms with van der Waals surface area (Å²) in [5.74, 6) is 0. The number of likely N-dealkylation sites (N-methyl/N-ethyl adjacent to an activating group) is 1. The van der Waals surface area contributed by atoms with Crippen molar-refractivity contribution in [2.75, 3.05) is 40.3 Å². The van der Waals surface area contributed by atoms with Gasteiger partial charge < -0.3 is 10.2 Å². The summed E-state index contributed by atoms with van der Waals surface area (Å²) in [5.41, 5.74) is 0. The van der Waals surface area contributed by atoms with Crippen LogP contribution in [-0.2, 0) is 0 Å². The van der Waals surface area contributed by atoms with Gasteiger partial charge in [-0.05, 0) is 52.9 Å². The number of hydrogen-bond donors (Lipinski definition) is 1. The van der Waals surface area contributed by atoms with E-state index in [0.29, 0.717) is 0 Å². The summed E-state index contributed by atoms with van der Waals surface area (Å²) >= 11 is 0. The highest BCUT2D eigenvalue weighted by atomic mass is 15.2. The summed E-state index contributed by atoms with van der Waals surface area (Å²) in [5, 5.41) is 3.46. The maximum atomic E-state index is 3.46. The highest BCUT2D eigenvalue weighted by molar-refractivity contribution is 4.84. The van der Waals surface area contributed by atoms with Crippen LogP contribution in [0.1, 0.15) is 32.1 Å². The van der Waals surface area contributed by atoms with Crippen molar-refractivity contribution in [1.29, 1.82) is 0 Å². The first kappa shape index (κ1) is 12.3. The van der Waals surface area contributed by atoms with E-state index in [1.54, 1.807) is 0 Å². The fourth-order valence-corrected chi connectivity index (χ4v) is 3.19. The SMILES string of the molecule is CNC1CCCC(N2CCCN(C)CC2)C1. The van der Waals surface area contributed by atoms with Crippen molar-refractivity contribution in [3.05, 3.63) is 0 Å². The van der Waals surface area contributed by atoms with E-state index in [0.717, 1.165) is 12.1 Å². The van der Waals surface area contributed by atoms with E-state index in [1.807, 2.05) is 0 Å². The van der Waals surface area contributed by atoms with Gasteiger partial charge in [0, 0.05) is 25.2 Å². The van der Waals surface area contributed by atoms with Crippen LogP contribution in [-0.4, -0.2) is 62.2 Å². The maximum Gasteiger partial charge on any atom is 0.0112 e. The van der Waals surface area contributed by atoms with Gasteiger partial charge in [-0.3, -0.25) is 4.90 Å². The molecule has 94 valence electrons. The Morgan fingerprint density at radius 2 is 1.88 bits per heavy atom. The molecule has 0 aromatic rings. The number of nitrogens with one attached hydrogen (secondary N) is 1. The standard InChI is InChI=1S/C13H27N3/c1-14-12-5-3-6-13(11-12)16-8-4-7-15(2)9-10-16/h12-14H,3-11H2,1-2H3. The van der Waals surface area contributed by atoms with Crippen molar-refractivity contribution in [3.8, 4) is 0 Å². The Morgan fingerprint density at radius 3 is 2.69 bits per heavy atom. The molecule has 1 saturated heterocycles. The lowest BCUT2D eigenvalue weighted by molar-refractivity contribution is 0.146. The number of rotatable bonds is 2. The van der Waals surface area contributed by atoms with Crippen molar-refractivity contribution < 1.29 is 0 Å². The molecule has 2 rings (SSSR count). The second-order valence-corrected chi connectivity index (χ2v) is 5.50. The van der Waals surface area contributed by atoms with Gasteiger partial charge in [0.25, 0.3) is 0 Å². The smallest absolute Gasteiger partial charge is 0.0112 e. The Labute approximate surface area is 100 Å². The molecular formula is C13H27N3. The quantitative estimate of drug-likeness (QED) is 0.761. The van der Waals surface area contributed by atoms with E-state index in [4.69, 9.17) is 0 Å². The van der Waals surface area contributed by atoms with Gasteiger partial charge in [-0.2, -0.15) is 0 Å². The molecule has 0 aromatic heterocycles. The van der Waals surface area contributed by atoms with E-state index >= 15 is 0 Å². The van der Waals surface area contributed by atoms with E-state index in [9.17, 15) is 0 Å². The molecule has 2 atom stereocenters. The molecule has 2 unspecified atom stereocenters. The molecule has 3 heteroatoms. The average Bonchev–Trinajstić information content (AvgIpc) is 2.54. The van der Waals surface area contributed by atoms with Crippen molar-refractivity contribution in [3.63, 3.8) is 0 Å². The largest absolute Gasteiger partial charge is 0.317 e. The highest BCUT2D eigenvalue weighted by Gasteiger charge is 2.26. The molecule has 3 nitrogen and oxygen atoms in total. The van der Waals surface area contributed by atoms with Gasteiger partial charge in [-0.15, -0.1) is 0 Å². The van der Waals surface area contributed by atoms with Crippen LogP contribution in [0.2, 0.25) is 0 Å². The molecule has 2 fully saturated rings. The third kappa shape index (κ3) is 3.19. The average molecular weight is 225 g/mol. The van der Waals surface area contributed by atoms with E-state index < -0.39 is 0 Å². The first-order valence-corrected chi connectivity index (χ1v) is 6.89. The van der Waals surface area contributed by atoms with Crippen LogP contribution in [0.3, 0.4) is 0 Å². The molecule has 0 amide bonds. The number of hydrogen-bond acceptors (Lipinski definition) is 3. The number of nitrogens with zero attached hydrogens (tertiary/aromatic N) is 2. The fourth-order valence-electron chi connectivity index (χ4n) is 3.19. The zero-order valence-corrected chi connectivity index (χ0v) is 10.9. The van der Waals surface area contributed by atoms with Crippen molar-refractivity contribution in [2.24, 2.45) is 0 Å². The third-order valence-corrected chi connectivity index (χ3v) is 4.33. The molecule has 2 aliphatic rings. The minimum Gasteiger partial charge on any atom is -0.317 e. The van der Waals surface area contributed by atoms with Crippen LogP contribution in [0, 0.1) is 0 Å². The van der Waals surface area contributed by atoms with Crippen LogP contribution < -0.4 is 5.32 Å². The molecule has 0 bridgehead atoms. The fraction of sp³-hybridized carbons (Fsp3) is 1.00. The molecule has 16 heavy (non-hydrogen) atoms. The highest BCUT2D eigenvalue weighted by Crippen LogP contribution is 2.23. The summed E-state index contributed by atoms with van der Waals surface area (Å²) in [7, 11) is 4.37. The second-order valence-electron chi connectivity index (χ2n) is 5.50.